The Kier molecular flexibility index (Phi) is 6.32. The molecule has 19 heavy (non-hydrogen) atoms. The van der Waals surface area contributed by atoms with Crippen LogP contribution in [0.4, 0.5) is 11.4 Å². The van der Waals surface area contributed by atoms with Crippen LogP contribution in [0.2, 0.25) is 0 Å². The number of nitrogens with one attached hydrogen (secondary N) is 1. The minimum absolute atomic E-state index is 0.0627. The molecule has 0 atom stereocenters. The van der Waals surface area contributed by atoms with Gasteiger partial charge in [-0.3, -0.25) is 16.0 Å². The van der Waals surface area contributed by atoms with Crippen LogP contribution in [-0.2, 0) is 9.59 Å². The second-order valence-corrected chi connectivity index (χ2v) is 2.93. The van der Waals surface area contributed by atoms with Gasteiger partial charge in [-0.25, -0.2) is 9.59 Å². The van der Waals surface area contributed by atoms with Gasteiger partial charge in [-0.1, -0.05) is 0 Å². The molecule has 0 spiro atoms. The minimum Gasteiger partial charge on any atom is -0.496 e. The molecule has 0 heterocycles. The summed E-state index contributed by atoms with van der Waals surface area (Å²) in [6, 6.07) is 4.20. The molecule has 1 aromatic carbocycles. The first-order valence-electron chi connectivity index (χ1n) is 4.58. The van der Waals surface area contributed by atoms with E-state index in [1.54, 1.807) is 6.07 Å². The van der Waals surface area contributed by atoms with Crippen molar-refractivity contribution in [2.45, 2.75) is 0 Å². The van der Waals surface area contributed by atoms with Gasteiger partial charge in [-0.05, 0) is 0 Å². The van der Waals surface area contributed by atoms with E-state index in [2.05, 4.69) is 5.43 Å². The summed E-state index contributed by atoms with van der Waals surface area (Å²) in [4.78, 5) is 28.1. The third-order valence-electron chi connectivity index (χ3n) is 1.69. The van der Waals surface area contributed by atoms with Crippen molar-refractivity contribution in [3.8, 4) is 5.75 Å². The molecular weight excluding hydrogens is 262 g/mol. The molecule has 0 radical (unpaired) electrons. The number of nitro groups is 1. The second-order valence-electron chi connectivity index (χ2n) is 2.93. The standard InChI is InChI=1S/C7H9N3O3.C2H2O4/c1-13-7-3-5(9-8)2-6(4-7)10(11)12;3-1(4)2(5)6/h2-4,9H,8H2,1H3;(H,3,4)(H,5,6). The fraction of sp³-hybridized carbons (Fsp3) is 0.111. The maximum atomic E-state index is 10.4. The van der Waals surface area contributed by atoms with Gasteiger partial charge < -0.3 is 20.4 Å². The number of carbonyl (C=O) groups is 2. The molecule has 0 aliphatic heterocycles. The first kappa shape index (κ1) is 16.1. The Bertz CT molecular complexity index is 454. The van der Waals surface area contributed by atoms with E-state index in [9.17, 15) is 10.1 Å². The number of ether oxygens (including phenoxy) is 1. The lowest BCUT2D eigenvalue weighted by atomic mass is 10.2. The van der Waals surface area contributed by atoms with Crippen LogP contribution in [0.3, 0.4) is 0 Å². The molecule has 10 nitrogen and oxygen atoms in total. The number of carboxylic acid groups (broad SMARTS) is 2. The molecule has 1 aromatic rings. The highest BCUT2D eigenvalue weighted by Gasteiger charge is 2.09. The average molecular weight is 273 g/mol. The van der Waals surface area contributed by atoms with Crippen molar-refractivity contribution in [2.75, 3.05) is 12.5 Å². The van der Waals surface area contributed by atoms with Crippen molar-refractivity contribution >= 4 is 23.3 Å². The number of hydrogen-bond donors (Lipinski definition) is 4. The van der Waals surface area contributed by atoms with E-state index in [0.717, 1.165) is 0 Å². The molecule has 0 bridgehead atoms. The molecule has 0 saturated carbocycles. The Hall–Kier alpha value is -2.88. The number of hydrazine groups is 1. The average Bonchev–Trinajstić information content (AvgIpc) is 2.38. The van der Waals surface area contributed by atoms with Gasteiger partial charge in [0, 0.05) is 12.1 Å². The first-order valence-corrected chi connectivity index (χ1v) is 4.58. The van der Waals surface area contributed by atoms with Gasteiger partial charge in [-0.2, -0.15) is 0 Å². The van der Waals surface area contributed by atoms with Crippen molar-refractivity contribution in [2.24, 2.45) is 5.84 Å². The molecule has 0 fully saturated rings. The number of nitrogens with zero attached hydrogens (tertiary/aromatic N) is 1. The van der Waals surface area contributed by atoms with Gasteiger partial charge in [-0.15, -0.1) is 0 Å². The summed E-state index contributed by atoms with van der Waals surface area (Å²) in [5, 5.41) is 25.2. The number of benzene rings is 1. The Balaban J connectivity index is 0.000000459. The van der Waals surface area contributed by atoms with E-state index in [4.69, 9.17) is 30.4 Å². The molecule has 1 rings (SSSR count). The number of nitrogens with two attached hydrogens (primary N) is 1. The summed E-state index contributed by atoms with van der Waals surface area (Å²) >= 11 is 0. The molecule has 5 N–H and O–H groups in total. The lowest BCUT2D eigenvalue weighted by molar-refractivity contribution is -0.384. The summed E-state index contributed by atoms with van der Waals surface area (Å²) in [5.41, 5.74) is 2.69. The largest absolute Gasteiger partial charge is 0.496 e. The number of aliphatic carboxylic acids is 2. The van der Waals surface area contributed by atoms with E-state index in [1.165, 1.54) is 19.2 Å². The third kappa shape index (κ3) is 5.83. The van der Waals surface area contributed by atoms with Crippen LogP contribution in [0, 0.1) is 10.1 Å². The molecule has 0 aliphatic rings. The highest BCUT2D eigenvalue weighted by atomic mass is 16.6. The van der Waals surface area contributed by atoms with Crippen molar-refractivity contribution in [1.82, 2.24) is 0 Å². The zero-order chi connectivity index (χ0) is 15.0. The zero-order valence-electron chi connectivity index (χ0n) is 9.69. The molecular formula is C9H11N3O7. The normalized spacial score (nSPS) is 8.74. The number of methoxy groups -OCH3 is 1. The summed E-state index contributed by atoms with van der Waals surface area (Å²) in [7, 11) is 1.43. The fourth-order valence-corrected chi connectivity index (χ4v) is 0.890. The van der Waals surface area contributed by atoms with Crippen LogP contribution in [-0.4, -0.2) is 34.2 Å². The Morgan fingerprint density at radius 1 is 1.32 bits per heavy atom. The predicted molar refractivity (Wildman–Crippen MR) is 62.7 cm³/mol. The van der Waals surface area contributed by atoms with Gasteiger partial charge in [0.15, 0.2) is 0 Å². The molecule has 0 saturated heterocycles. The number of rotatable bonds is 3. The zero-order valence-corrected chi connectivity index (χ0v) is 9.69. The number of nitro benzene ring substituents is 1. The number of anilines is 1. The van der Waals surface area contributed by atoms with Gasteiger partial charge in [0.1, 0.15) is 5.75 Å². The molecule has 0 unspecified atom stereocenters. The van der Waals surface area contributed by atoms with Gasteiger partial charge in [0.25, 0.3) is 5.69 Å². The van der Waals surface area contributed by atoms with Crippen molar-refractivity contribution in [3.05, 3.63) is 28.3 Å². The van der Waals surface area contributed by atoms with E-state index in [1.807, 2.05) is 0 Å². The first-order chi connectivity index (χ1) is 8.81. The van der Waals surface area contributed by atoms with Crippen LogP contribution in [0.1, 0.15) is 0 Å². The van der Waals surface area contributed by atoms with Crippen LogP contribution in [0.5, 0.6) is 5.75 Å². The Morgan fingerprint density at radius 3 is 2.16 bits per heavy atom. The highest BCUT2D eigenvalue weighted by molar-refractivity contribution is 6.27. The van der Waals surface area contributed by atoms with Crippen molar-refractivity contribution in [3.63, 3.8) is 0 Å². The summed E-state index contributed by atoms with van der Waals surface area (Å²) < 4.78 is 4.85. The SMILES string of the molecule is COc1cc(NN)cc([N+](=O)[O-])c1.O=C(O)C(=O)O. The van der Waals surface area contributed by atoms with E-state index in [-0.39, 0.29) is 5.69 Å². The monoisotopic (exact) mass is 273 g/mol. The van der Waals surface area contributed by atoms with E-state index < -0.39 is 16.9 Å². The maximum absolute atomic E-state index is 10.4. The minimum atomic E-state index is -1.82. The topological polar surface area (TPSA) is 165 Å². The number of carboxylic acids is 2. The predicted octanol–water partition coefficient (Wildman–Crippen LogP) is 0.0446. The summed E-state index contributed by atoms with van der Waals surface area (Å²) in [6.45, 7) is 0. The highest BCUT2D eigenvalue weighted by Crippen LogP contribution is 2.24. The van der Waals surface area contributed by atoms with Crippen molar-refractivity contribution in [1.29, 1.82) is 0 Å². The van der Waals surface area contributed by atoms with Crippen LogP contribution in [0.25, 0.3) is 0 Å². The van der Waals surface area contributed by atoms with E-state index >= 15 is 0 Å². The Labute approximate surface area is 106 Å². The smallest absolute Gasteiger partial charge is 0.414 e. The van der Waals surface area contributed by atoms with Crippen LogP contribution in [0.15, 0.2) is 18.2 Å². The quantitative estimate of drug-likeness (QED) is 0.257. The third-order valence-corrected chi connectivity index (χ3v) is 1.69. The van der Waals surface area contributed by atoms with Crippen LogP contribution >= 0.6 is 0 Å². The number of non-ortho nitro benzene ring substituents is 1. The molecule has 0 aliphatic carbocycles. The van der Waals surface area contributed by atoms with Gasteiger partial charge in [0.2, 0.25) is 0 Å². The molecule has 104 valence electrons. The maximum Gasteiger partial charge on any atom is 0.414 e. The lowest BCUT2D eigenvalue weighted by Gasteiger charge is -2.03. The molecule has 0 amide bonds. The molecule has 0 aromatic heterocycles. The van der Waals surface area contributed by atoms with Gasteiger partial charge >= 0.3 is 11.9 Å². The molecule has 10 heteroatoms. The van der Waals surface area contributed by atoms with E-state index in [0.29, 0.717) is 11.4 Å². The van der Waals surface area contributed by atoms with Crippen molar-refractivity contribution < 1.29 is 29.5 Å². The Morgan fingerprint density at radius 2 is 1.84 bits per heavy atom. The fourth-order valence-electron chi connectivity index (χ4n) is 0.890. The summed E-state index contributed by atoms with van der Waals surface area (Å²) in [5.74, 6) is 1.86. The van der Waals surface area contributed by atoms with Crippen LogP contribution < -0.4 is 16.0 Å². The van der Waals surface area contributed by atoms with Gasteiger partial charge in [0.05, 0.1) is 23.8 Å². The lowest BCUT2D eigenvalue weighted by Crippen LogP contribution is -2.09. The number of nitrogen functional groups attached to an aromatic ring is 1. The number of hydrogen-bond acceptors (Lipinski definition) is 7. The summed E-state index contributed by atoms with van der Waals surface area (Å²) in [6.07, 6.45) is 0. The second kappa shape index (κ2) is 7.45.